The van der Waals surface area contributed by atoms with Crippen LogP contribution >= 0.6 is 34.8 Å². The van der Waals surface area contributed by atoms with E-state index in [-0.39, 0.29) is 11.1 Å². The minimum Gasteiger partial charge on any atom is -0.311 e. The summed E-state index contributed by atoms with van der Waals surface area (Å²) >= 11 is 17.5. The average molecular weight is 305 g/mol. The first-order valence-corrected chi connectivity index (χ1v) is 6.06. The summed E-state index contributed by atoms with van der Waals surface area (Å²) in [5.41, 5.74) is 0.914. The average Bonchev–Trinajstić information content (AvgIpc) is 2.77. The van der Waals surface area contributed by atoms with Crippen LogP contribution in [0.2, 0.25) is 15.2 Å². The van der Waals surface area contributed by atoms with E-state index in [1.807, 2.05) is 0 Å². The van der Waals surface area contributed by atoms with Crippen molar-refractivity contribution in [3.05, 3.63) is 45.2 Å². The van der Waals surface area contributed by atoms with Gasteiger partial charge in [0.25, 0.3) is 5.91 Å². The number of nitrogens with zero attached hydrogens (tertiary/aromatic N) is 2. The lowest BCUT2D eigenvalue weighted by molar-refractivity contribution is 0.0993. The maximum absolute atomic E-state index is 12.1. The highest BCUT2D eigenvalue weighted by Gasteiger charge is 2.18. The van der Waals surface area contributed by atoms with Crippen molar-refractivity contribution < 1.29 is 4.79 Å². The van der Waals surface area contributed by atoms with Crippen molar-refractivity contribution in [1.29, 1.82) is 0 Å². The molecule has 2 aromatic rings. The number of aromatic amines is 1. The number of anilines is 1. The minimum atomic E-state index is -0.285. The molecule has 0 saturated carbocycles. The van der Waals surface area contributed by atoms with Crippen LogP contribution in [0.3, 0.4) is 0 Å². The maximum atomic E-state index is 12.1. The number of rotatable bonds is 2. The van der Waals surface area contributed by atoms with Gasteiger partial charge in [0, 0.05) is 12.7 Å². The second-order valence-corrected chi connectivity index (χ2v) is 4.75. The van der Waals surface area contributed by atoms with Crippen LogP contribution in [0.15, 0.2) is 24.4 Å². The Balaban J connectivity index is 2.31. The molecule has 2 rings (SSSR count). The molecule has 1 amide bonds. The molecule has 1 heterocycles. The molecule has 0 unspecified atom stereocenters. The second kappa shape index (κ2) is 5.18. The first-order valence-electron chi connectivity index (χ1n) is 4.92. The lowest BCUT2D eigenvalue weighted by Crippen LogP contribution is -2.26. The van der Waals surface area contributed by atoms with E-state index in [1.54, 1.807) is 25.2 Å². The molecular formula is C11H8Cl3N3O. The number of aromatic nitrogens is 2. The van der Waals surface area contributed by atoms with Crippen molar-refractivity contribution in [2.24, 2.45) is 0 Å². The highest BCUT2D eigenvalue weighted by atomic mass is 35.5. The first-order chi connectivity index (χ1) is 8.50. The van der Waals surface area contributed by atoms with Gasteiger partial charge in [0.2, 0.25) is 0 Å². The van der Waals surface area contributed by atoms with E-state index in [0.717, 1.165) is 0 Å². The van der Waals surface area contributed by atoms with Crippen molar-refractivity contribution in [2.75, 3.05) is 11.9 Å². The zero-order valence-electron chi connectivity index (χ0n) is 9.25. The molecule has 94 valence electrons. The van der Waals surface area contributed by atoms with Crippen LogP contribution in [0.25, 0.3) is 0 Å². The predicted molar refractivity (Wildman–Crippen MR) is 72.8 cm³/mol. The zero-order chi connectivity index (χ0) is 13.3. The van der Waals surface area contributed by atoms with E-state index < -0.39 is 0 Å². The molecule has 0 saturated heterocycles. The molecule has 0 fully saturated rings. The molecule has 0 bridgehead atoms. The topological polar surface area (TPSA) is 49.0 Å². The molecule has 1 N–H and O–H groups in total. The van der Waals surface area contributed by atoms with Crippen molar-refractivity contribution >= 4 is 46.4 Å². The van der Waals surface area contributed by atoms with Gasteiger partial charge in [-0.2, -0.15) is 5.10 Å². The number of halogens is 3. The summed E-state index contributed by atoms with van der Waals surface area (Å²) in [6.07, 6.45) is 1.37. The molecular weight excluding hydrogens is 297 g/mol. The van der Waals surface area contributed by atoms with Gasteiger partial charge in [0.1, 0.15) is 5.15 Å². The van der Waals surface area contributed by atoms with Gasteiger partial charge in [-0.05, 0) is 18.2 Å². The van der Waals surface area contributed by atoms with Crippen molar-refractivity contribution in [1.82, 2.24) is 10.2 Å². The smallest absolute Gasteiger partial charge is 0.262 e. The molecule has 0 atom stereocenters. The van der Waals surface area contributed by atoms with Crippen molar-refractivity contribution in [3.63, 3.8) is 0 Å². The summed E-state index contributed by atoms with van der Waals surface area (Å²) in [5.74, 6) is -0.285. The summed E-state index contributed by atoms with van der Waals surface area (Å²) in [7, 11) is 1.62. The molecule has 1 aromatic heterocycles. The Morgan fingerprint density at radius 1 is 1.28 bits per heavy atom. The number of hydrogen-bond acceptors (Lipinski definition) is 2. The van der Waals surface area contributed by atoms with Crippen LogP contribution in [0.5, 0.6) is 0 Å². The molecule has 0 aliphatic carbocycles. The summed E-state index contributed by atoms with van der Waals surface area (Å²) in [4.78, 5) is 13.5. The number of hydrogen-bond donors (Lipinski definition) is 1. The van der Waals surface area contributed by atoms with Gasteiger partial charge in [-0.25, -0.2) is 0 Å². The normalized spacial score (nSPS) is 10.4. The number of carbonyl (C=O) groups is 1. The summed E-state index contributed by atoms with van der Waals surface area (Å²) in [6, 6.07) is 4.93. The van der Waals surface area contributed by atoms with E-state index in [4.69, 9.17) is 34.8 Å². The Labute approximate surface area is 118 Å². The molecule has 4 nitrogen and oxygen atoms in total. The third kappa shape index (κ3) is 2.46. The third-order valence-electron chi connectivity index (χ3n) is 2.42. The Morgan fingerprint density at radius 2 is 2.00 bits per heavy atom. The van der Waals surface area contributed by atoms with E-state index >= 15 is 0 Å². The van der Waals surface area contributed by atoms with E-state index in [9.17, 15) is 4.79 Å². The fourth-order valence-corrected chi connectivity index (χ4v) is 1.88. The Bertz CT molecular complexity index is 597. The number of amides is 1. The van der Waals surface area contributed by atoms with Gasteiger partial charge in [-0.1, -0.05) is 34.8 Å². The molecule has 0 spiro atoms. The summed E-state index contributed by atoms with van der Waals surface area (Å²) in [6.45, 7) is 0. The van der Waals surface area contributed by atoms with Gasteiger partial charge in [-0.15, -0.1) is 0 Å². The number of nitrogens with one attached hydrogen (secondary N) is 1. The minimum absolute atomic E-state index is 0.201. The highest BCUT2D eigenvalue weighted by molar-refractivity contribution is 6.42. The van der Waals surface area contributed by atoms with Crippen LogP contribution in [-0.2, 0) is 0 Å². The van der Waals surface area contributed by atoms with Crippen LogP contribution in [0.4, 0.5) is 5.69 Å². The third-order valence-corrected chi connectivity index (χ3v) is 3.45. The van der Waals surface area contributed by atoms with Gasteiger partial charge in [0.05, 0.1) is 21.8 Å². The predicted octanol–water partition coefficient (Wildman–Crippen LogP) is 3.65. The molecule has 0 aliphatic heterocycles. The highest BCUT2D eigenvalue weighted by Crippen LogP contribution is 2.27. The lowest BCUT2D eigenvalue weighted by atomic mass is 10.2. The van der Waals surface area contributed by atoms with Crippen LogP contribution in [0, 0.1) is 0 Å². The molecule has 18 heavy (non-hydrogen) atoms. The van der Waals surface area contributed by atoms with Gasteiger partial charge >= 0.3 is 0 Å². The lowest BCUT2D eigenvalue weighted by Gasteiger charge is -2.17. The monoisotopic (exact) mass is 303 g/mol. The SMILES string of the molecule is CN(C(=O)c1cn[nH]c1Cl)c1ccc(Cl)c(Cl)c1. The number of carbonyl (C=O) groups excluding carboxylic acids is 1. The fraction of sp³-hybridized carbons (Fsp3) is 0.0909. The van der Waals surface area contributed by atoms with Crippen molar-refractivity contribution in [3.8, 4) is 0 Å². The zero-order valence-corrected chi connectivity index (χ0v) is 11.5. The van der Waals surface area contributed by atoms with Gasteiger partial charge < -0.3 is 4.90 Å². The standard InChI is InChI=1S/C11H8Cl3N3O/c1-17(6-2-3-8(12)9(13)4-6)11(18)7-5-15-16-10(7)14/h2-5H,1H3,(H,15,16). The van der Waals surface area contributed by atoms with E-state index in [2.05, 4.69) is 10.2 Å². The molecule has 0 aliphatic rings. The second-order valence-electron chi connectivity index (χ2n) is 3.56. The Hall–Kier alpha value is -1.23. The van der Waals surface area contributed by atoms with Crippen molar-refractivity contribution in [2.45, 2.75) is 0 Å². The summed E-state index contributed by atoms with van der Waals surface area (Å²) < 4.78 is 0. The maximum Gasteiger partial charge on any atom is 0.262 e. The Morgan fingerprint density at radius 3 is 2.56 bits per heavy atom. The van der Waals surface area contributed by atoms with E-state index in [1.165, 1.54) is 11.1 Å². The quantitative estimate of drug-likeness (QED) is 0.920. The number of H-pyrrole nitrogens is 1. The Kier molecular flexibility index (Phi) is 3.80. The van der Waals surface area contributed by atoms with Crippen LogP contribution in [0.1, 0.15) is 10.4 Å². The number of benzene rings is 1. The summed E-state index contributed by atoms with van der Waals surface area (Å²) in [5, 5.41) is 7.21. The first kappa shape index (κ1) is 13.2. The molecule has 1 aromatic carbocycles. The van der Waals surface area contributed by atoms with Crippen LogP contribution in [-0.4, -0.2) is 23.2 Å². The van der Waals surface area contributed by atoms with E-state index in [0.29, 0.717) is 21.3 Å². The molecule has 7 heteroatoms. The largest absolute Gasteiger partial charge is 0.311 e. The fourth-order valence-electron chi connectivity index (χ4n) is 1.41. The van der Waals surface area contributed by atoms with Crippen LogP contribution < -0.4 is 4.90 Å². The molecule has 0 radical (unpaired) electrons. The van der Waals surface area contributed by atoms with Gasteiger partial charge in [-0.3, -0.25) is 9.89 Å². The van der Waals surface area contributed by atoms with Gasteiger partial charge in [0.15, 0.2) is 0 Å².